The molecule has 0 spiro atoms. The average Bonchev–Trinajstić information content (AvgIpc) is 2.83. The number of hydrogen-bond donors (Lipinski definition) is 2. The second-order valence-corrected chi connectivity index (χ2v) is 9.39. The number of aliphatic hydroxyl groups is 1. The molecule has 0 saturated carbocycles. The van der Waals surface area contributed by atoms with E-state index in [1.165, 1.54) is 0 Å². The third kappa shape index (κ3) is 6.71. The highest BCUT2D eigenvalue weighted by Gasteiger charge is 2.38. The number of ether oxygens (including phenoxy) is 3. The van der Waals surface area contributed by atoms with Crippen molar-refractivity contribution in [3.63, 3.8) is 0 Å². The molecule has 4 atom stereocenters. The lowest BCUT2D eigenvalue weighted by Gasteiger charge is -2.44. The van der Waals surface area contributed by atoms with Gasteiger partial charge in [-0.15, -0.1) is 0 Å². The summed E-state index contributed by atoms with van der Waals surface area (Å²) in [4.78, 5) is 14.8. The van der Waals surface area contributed by atoms with Crippen LogP contribution < -0.4 is 10.1 Å². The van der Waals surface area contributed by atoms with Crippen LogP contribution in [0.15, 0.2) is 48.5 Å². The van der Waals surface area contributed by atoms with Gasteiger partial charge >= 0.3 is 0 Å². The average molecular weight is 489 g/mol. The number of halogens is 1. The number of amides is 1. The summed E-state index contributed by atoms with van der Waals surface area (Å²) in [7, 11) is 1.65. The summed E-state index contributed by atoms with van der Waals surface area (Å²) >= 11 is 6.18. The number of carbonyl (C=O) groups is 1. The fourth-order valence-corrected chi connectivity index (χ4v) is 4.91. The Morgan fingerprint density at radius 2 is 1.97 bits per heavy atom. The van der Waals surface area contributed by atoms with Gasteiger partial charge in [-0.05, 0) is 42.2 Å². The number of benzene rings is 2. The fraction of sp³-hybridized carbons (Fsp3) is 0.500. The first-order valence-electron chi connectivity index (χ1n) is 11.8. The van der Waals surface area contributed by atoms with E-state index in [0.29, 0.717) is 37.7 Å². The minimum Gasteiger partial charge on any atom is -0.497 e. The molecule has 34 heavy (non-hydrogen) atoms. The summed E-state index contributed by atoms with van der Waals surface area (Å²) in [6, 6.07) is 15.6. The molecule has 7 nitrogen and oxygen atoms in total. The second-order valence-electron chi connectivity index (χ2n) is 8.98. The minimum atomic E-state index is -0.549. The Morgan fingerprint density at radius 1 is 1.18 bits per heavy atom. The standard InChI is InChI=1S/C26H33ClN2O5/c1-32-21-8-6-18(7-9-21)14-29-15-20(30)16-33-17-25-24(29)11-10-22(34-25)12-26(31)28-13-19-4-2-3-5-23(19)27/h2-9,20,22,24-25,30H,10-17H2,1H3,(H,28,31)/t20-,22+,24+,25-/m1/s1. The van der Waals surface area contributed by atoms with E-state index in [1.807, 2.05) is 48.5 Å². The van der Waals surface area contributed by atoms with Gasteiger partial charge in [0.1, 0.15) is 5.75 Å². The van der Waals surface area contributed by atoms with Crippen LogP contribution in [0, 0.1) is 0 Å². The molecular weight excluding hydrogens is 456 g/mol. The van der Waals surface area contributed by atoms with Crippen molar-refractivity contribution in [3.05, 3.63) is 64.7 Å². The van der Waals surface area contributed by atoms with Gasteiger partial charge in [-0.2, -0.15) is 0 Å². The normalized spacial score (nSPS) is 25.6. The number of carbonyl (C=O) groups excluding carboxylic acids is 1. The molecule has 0 aromatic heterocycles. The molecule has 0 radical (unpaired) electrons. The summed E-state index contributed by atoms with van der Waals surface area (Å²) < 4.78 is 17.3. The van der Waals surface area contributed by atoms with Crippen LogP contribution in [0.25, 0.3) is 0 Å². The van der Waals surface area contributed by atoms with Crippen LogP contribution in [0.2, 0.25) is 5.02 Å². The number of fused-ring (bicyclic) bond motifs is 1. The number of β-amino-alcohol motifs (C(OH)–C–C–N with tert-alkyl or cyclic N) is 1. The van der Waals surface area contributed by atoms with Gasteiger partial charge in [0.2, 0.25) is 5.91 Å². The highest BCUT2D eigenvalue weighted by atomic mass is 35.5. The molecule has 0 unspecified atom stereocenters. The van der Waals surface area contributed by atoms with E-state index in [4.69, 9.17) is 25.8 Å². The number of methoxy groups -OCH3 is 1. The second kappa shape index (κ2) is 12.0. The lowest BCUT2D eigenvalue weighted by atomic mass is 9.94. The number of hydrogen-bond acceptors (Lipinski definition) is 6. The van der Waals surface area contributed by atoms with Crippen molar-refractivity contribution in [3.8, 4) is 5.75 Å². The predicted molar refractivity (Wildman–Crippen MR) is 130 cm³/mol. The molecule has 4 rings (SSSR count). The number of nitrogens with zero attached hydrogens (tertiary/aromatic N) is 1. The fourth-order valence-electron chi connectivity index (χ4n) is 4.71. The Labute approximate surface area is 205 Å². The van der Waals surface area contributed by atoms with E-state index in [2.05, 4.69) is 10.2 Å². The summed E-state index contributed by atoms with van der Waals surface area (Å²) in [6.07, 6.45) is 1.08. The maximum atomic E-state index is 12.6. The highest BCUT2D eigenvalue weighted by Crippen LogP contribution is 2.29. The molecular formula is C26H33ClN2O5. The molecule has 0 aliphatic carbocycles. The van der Waals surface area contributed by atoms with Crippen LogP contribution in [0.5, 0.6) is 5.75 Å². The monoisotopic (exact) mass is 488 g/mol. The number of nitrogens with one attached hydrogen (secondary N) is 1. The topological polar surface area (TPSA) is 80.3 Å². The van der Waals surface area contributed by atoms with Gasteiger partial charge in [0.05, 0.1) is 45.1 Å². The molecule has 1 amide bonds. The molecule has 184 valence electrons. The Hall–Kier alpha value is -2.16. The quantitative estimate of drug-likeness (QED) is 0.623. The smallest absolute Gasteiger partial charge is 0.222 e. The van der Waals surface area contributed by atoms with E-state index in [0.717, 1.165) is 29.7 Å². The largest absolute Gasteiger partial charge is 0.497 e. The molecule has 2 aromatic rings. The Bertz CT molecular complexity index is 941. The van der Waals surface area contributed by atoms with Crippen molar-refractivity contribution < 1.29 is 24.1 Å². The van der Waals surface area contributed by atoms with Crippen LogP contribution in [0.3, 0.4) is 0 Å². The van der Waals surface area contributed by atoms with E-state index < -0.39 is 6.10 Å². The number of aliphatic hydroxyl groups excluding tert-OH is 1. The number of rotatable bonds is 7. The maximum Gasteiger partial charge on any atom is 0.222 e. The molecule has 2 N–H and O–H groups in total. The first-order valence-corrected chi connectivity index (χ1v) is 12.2. The highest BCUT2D eigenvalue weighted by molar-refractivity contribution is 6.31. The van der Waals surface area contributed by atoms with Gasteiger partial charge in [-0.3, -0.25) is 9.69 Å². The zero-order valence-corrected chi connectivity index (χ0v) is 20.2. The van der Waals surface area contributed by atoms with Crippen LogP contribution in [0.4, 0.5) is 0 Å². The third-order valence-corrected chi connectivity index (χ3v) is 6.85. The summed E-state index contributed by atoms with van der Waals surface area (Å²) in [6.45, 7) is 2.29. The molecule has 2 aliphatic heterocycles. The van der Waals surface area contributed by atoms with Crippen molar-refractivity contribution in [1.82, 2.24) is 10.2 Å². The Kier molecular flexibility index (Phi) is 8.80. The van der Waals surface area contributed by atoms with E-state index >= 15 is 0 Å². The van der Waals surface area contributed by atoms with Crippen LogP contribution in [-0.2, 0) is 27.4 Å². The summed E-state index contributed by atoms with van der Waals surface area (Å²) in [5.74, 6) is 0.764. The molecule has 2 heterocycles. The zero-order valence-electron chi connectivity index (χ0n) is 19.5. The molecule has 2 aliphatic rings. The molecule has 2 saturated heterocycles. The van der Waals surface area contributed by atoms with Crippen molar-refractivity contribution >= 4 is 17.5 Å². The van der Waals surface area contributed by atoms with Gasteiger partial charge in [0.25, 0.3) is 0 Å². The third-order valence-electron chi connectivity index (χ3n) is 6.48. The van der Waals surface area contributed by atoms with Gasteiger partial charge in [0.15, 0.2) is 0 Å². The first kappa shape index (κ1) is 24.9. The molecule has 2 aromatic carbocycles. The molecule has 2 fully saturated rings. The first-order chi connectivity index (χ1) is 16.5. The van der Waals surface area contributed by atoms with E-state index in [9.17, 15) is 9.90 Å². The van der Waals surface area contributed by atoms with Gasteiger partial charge in [0, 0.05) is 30.7 Å². The molecule has 0 bridgehead atoms. The maximum absolute atomic E-state index is 12.6. The SMILES string of the molecule is COc1ccc(CN2C[C@@H](O)COC[C@H]3O[C@H](CC(=O)NCc4ccccc4Cl)CC[C@@H]32)cc1. The Balaban J connectivity index is 1.35. The van der Waals surface area contributed by atoms with Crippen molar-refractivity contribution in [1.29, 1.82) is 0 Å². The van der Waals surface area contributed by atoms with Crippen molar-refractivity contribution in [2.45, 2.75) is 56.7 Å². The predicted octanol–water partition coefficient (Wildman–Crippen LogP) is 3.16. The summed E-state index contributed by atoms with van der Waals surface area (Å²) in [5.41, 5.74) is 2.04. The zero-order chi connectivity index (χ0) is 23.9. The Morgan fingerprint density at radius 3 is 2.74 bits per heavy atom. The van der Waals surface area contributed by atoms with Crippen molar-refractivity contribution in [2.24, 2.45) is 0 Å². The lowest BCUT2D eigenvalue weighted by Crippen LogP contribution is -2.55. The lowest BCUT2D eigenvalue weighted by molar-refractivity contribution is -0.158. The minimum absolute atomic E-state index is 0.0550. The van der Waals surface area contributed by atoms with Crippen LogP contribution in [0.1, 0.15) is 30.4 Å². The van der Waals surface area contributed by atoms with Gasteiger partial charge < -0.3 is 24.6 Å². The van der Waals surface area contributed by atoms with E-state index in [1.54, 1.807) is 7.11 Å². The van der Waals surface area contributed by atoms with E-state index in [-0.39, 0.29) is 30.8 Å². The van der Waals surface area contributed by atoms with Crippen LogP contribution >= 0.6 is 11.6 Å². The van der Waals surface area contributed by atoms with Gasteiger partial charge in [-0.25, -0.2) is 0 Å². The molecule has 8 heteroatoms. The van der Waals surface area contributed by atoms with Crippen molar-refractivity contribution in [2.75, 3.05) is 26.9 Å². The summed E-state index contributed by atoms with van der Waals surface area (Å²) in [5, 5.41) is 14.0. The van der Waals surface area contributed by atoms with Gasteiger partial charge in [-0.1, -0.05) is 41.9 Å². The van der Waals surface area contributed by atoms with Crippen LogP contribution in [-0.4, -0.2) is 67.1 Å².